The van der Waals surface area contributed by atoms with Gasteiger partial charge in [0.15, 0.2) is 11.6 Å². The van der Waals surface area contributed by atoms with Crippen molar-refractivity contribution in [1.82, 2.24) is 25.5 Å². The molecule has 0 radical (unpaired) electrons. The third kappa shape index (κ3) is 5.72. The standard InChI is InChI=1S/C17H13ClF2N6O2S/c18-10-1-4-12(5-2-10)26-17(23-24-25-26)29-9-16(28)21-8-15(27)22-11-3-6-13(19)14(20)7-11/h1-7H,8-9H2,(H,21,28)(H,22,27). The Morgan fingerprint density at radius 1 is 1.07 bits per heavy atom. The normalized spacial score (nSPS) is 10.6. The number of carbonyl (C=O) groups excluding carboxylic acids is 2. The van der Waals surface area contributed by atoms with Gasteiger partial charge in [-0.25, -0.2) is 8.78 Å². The lowest BCUT2D eigenvalue weighted by Crippen LogP contribution is -2.34. The highest BCUT2D eigenvalue weighted by molar-refractivity contribution is 7.99. The molecule has 150 valence electrons. The van der Waals surface area contributed by atoms with Crippen LogP contribution in [0.15, 0.2) is 47.6 Å². The second kappa shape index (κ2) is 9.43. The third-order valence-electron chi connectivity index (χ3n) is 3.49. The summed E-state index contributed by atoms with van der Waals surface area (Å²) in [5.74, 6) is -3.15. The molecule has 0 spiro atoms. The number of rotatable bonds is 7. The Labute approximate surface area is 172 Å². The van der Waals surface area contributed by atoms with Crippen LogP contribution < -0.4 is 10.6 Å². The largest absolute Gasteiger partial charge is 0.346 e. The van der Waals surface area contributed by atoms with Crippen LogP contribution >= 0.6 is 23.4 Å². The van der Waals surface area contributed by atoms with Crippen LogP contribution in [0.2, 0.25) is 5.02 Å². The Morgan fingerprint density at radius 2 is 1.83 bits per heavy atom. The highest BCUT2D eigenvalue weighted by atomic mass is 35.5. The van der Waals surface area contributed by atoms with Gasteiger partial charge in [0.25, 0.3) is 0 Å². The van der Waals surface area contributed by atoms with Gasteiger partial charge in [-0.3, -0.25) is 9.59 Å². The number of halogens is 3. The van der Waals surface area contributed by atoms with Crippen LogP contribution in [0.1, 0.15) is 0 Å². The first-order valence-corrected chi connectivity index (χ1v) is 9.47. The lowest BCUT2D eigenvalue weighted by Gasteiger charge is -2.07. The Balaban J connectivity index is 1.48. The molecule has 3 aromatic rings. The maximum atomic E-state index is 13.1. The number of nitrogens with zero attached hydrogens (tertiary/aromatic N) is 4. The minimum Gasteiger partial charge on any atom is -0.346 e. The molecule has 1 aromatic heterocycles. The van der Waals surface area contributed by atoms with Crippen molar-refractivity contribution in [2.75, 3.05) is 17.6 Å². The molecular weight excluding hydrogens is 426 g/mol. The second-order valence-corrected chi connectivity index (χ2v) is 6.97. The van der Waals surface area contributed by atoms with Crippen LogP contribution in [0.3, 0.4) is 0 Å². The van der Waals surface area contributed by atoms with E-state index in [1.165, 1.54) is 10.7 Å². The topological polar surface area (TPSA) is 102 Å². The number of aromatic nitrogens is 4. The van der Waals surface area contributed by atoms with Crippen LogP contribution in [0.4, 0.5) is 14.5 Å². The third-order valence-corrected chi connectivity index (χ3v) is 4.67. The monoisotopic (exact) mass is 438 g/mol. The van der Waals surface area contributed by atoms with E-state index in [0.29, 0.717) is 15.9 Å². The number of nitrogens with one attached hydrogen (secondary N) is 2. The van der Waals surface area contributed by atoms with E-state index >= 15 is 0 Å². The average Bonchev–Trinajstić information content (AvgIpc) is 3.17. The number of hydrogen-bond donors (Lipinski definition) is 2. The summed E-state index contributed by atoms with van der Waals surface area (Å²) in [7, 11) is 0. The molecule has 0 aliphatic rings. The fourth-order valence-electron chi connectivity index (χ4n) is 2.15. The molecule has 0 atom stereocenters. The van der Waals surface area contributed by atoms with E-state index in [2.05, 4.69) is 26.2 Å². The van der Waals surface area contributed by atoms with E-state index in [4.69, 9.17) is 11.6 Å². The minimum absolute atomic E-state index is 0.0353. The van der Waals surface area contributed by atoms with Gasteiger partial charge < -0.3 is 10.6 Å². The summed E-state index contributed by atoms with van der Waals surface area (Å²) in [5.41, 5.74) is 0.757. The van der Waals surface area contributed by atoms with Gasteiger partial charge in [-0.2, -0.15) is 4.68 Å². The summed E-state index contributed by atoms with van der Waals surface area (Å²) in [6, 6.07) is 9.78. The zero-order valence-corrected chi connectivity index (χ0v) is 16.2. The van der Waals surface area contributed by atoms with Crippen molar-refractivity contribution in [2.45, 2.75) is 5.16 Å². The Hall–Kier alpha value is -3.05. The quantitative estimate of drug-likeness (QED) is 0.549. The first-order chi connectivity index (χ1) is 13.9. The number of hydrogen-bond acceptors (Lipinski definition) is 6. The number of thioether (sulfide) groups is 1. The van der Waals surface area contributed by atoms with E-state index in [9.17, 15) is 18.4 Å². The Kier molecular flexibility index (Phi) is 6.73. The fourth-order valence-corrected chi connectivity index (χ4v) is 3.00. The van der Waals surface area contributed by atoms with Gasteiger partial charge in [0.1, 0.15) is 0 Å². The van der Waals surface area contributed by atoms with Crippen molar-refractivity contribution < 1.29 is 18.4 Å². The molecule has 0 fully saturated rings. The molecular formula is C17H13ClF2N6O2S. The lowest BCUT2D eigenvalue weighted by molar-refractivity contribution is -0.122. The first-order valence-electron chi connectivity index (χ1n) is 8.11. The van der Waals surface area contributed by atoms with Gasteiger partial charge in [-0.1, -0.05) is 23.4 Å². The molecule has 0 unspecified atom stereocenters. The van der Waals surface area contributed by atoms with Crippen LogP contribution in [-0.4, -0.2) is 44.3 Å². The van der Waals surface area contributed by atoms with E-state index in [1.54, 1.807) is 24.3 Å². The Morgan fingerprint density at radius 3 is 2.55 bits per heavy atom. The molecule has 0 aliphatic heterocycles. The molecule has 2 aromatic carbocycles. The summed E-state index contributed by atoms with van der Waals surface area (Å²) >= 11 is 6.93. The highest BCUT2D eigenvalue weighted by Crippen LogP contribution is 2.19. The molecule has 29 heavy (non-hydrogen) atoms. The molecule has 2 amide bonds. The lowest BCUT2D eigenvalue weighted by atomic mass is 10.3. The predicted molar refractivity (Wildman–Crippen MR) is 103 cm³/mol. The maximum Gasteiger partial charge on any atom is 0.243 e. The predicted octanol–water partition coefficient (Wildman–Crippen LogP) is 2.44. The molecule has 0 bridgehead atoms. The smallest absolute Gasteiger partial charge is 0.243 e. The number of amides is 2. The van der Waals surface area contributed by atoms with Crippen molar-refractivity contribution in [3.8, 4) is 5.69 Å². The molecule has 1 heterocycles. The van der Waals surface area contributed by atoms with E-state index < -0.39 is 23.4 Å². The van der Waals surface area contributed by atoms with Gasteiger partial charge in [0.2, 0.25) is 17.0 Å². The summed E-state index contributed by atoms with van der Waals surface area (Å²) in [4.78, 5) is 23.8. The SMILES string of the molecule is O=C(CSc1nnnn1-c1ccc(Cl)cc1)NCC(=O)Nc1ccc(F)c(F)c1. The molecule has 3 rings (SSSR count). The molecule has 0 saturated carbocycles. The molecule has 0 aliphatic carbocycles. The zero-order chi connectivity index (χ0) is 20.8. The summed E-state index contributed by atoms with van der Waals surface area (Å²) in [6.07, 6.45) is 0. The van der Waals surface area contributed by atoms with Crippen molar-refractivity contribution in [1.29, 1.82) is 0 Å². The number of tetrazole rings is 1. The summed E-state index contributed by atoms with van der Waals surface area (Å²) in [5, 5.41) is 17.0. The summed E-state index contributed by atoms with van der Waals surface area (Å²) < 4.78 is 27.5. The van der Waals surface area contributed by atoms with Crippen LogP contribution in [-0.2, 0) is 9.59 Å². The molecule has 8 nitrogen and oxygen atoms in total. The van der Waals surface area contributed by atoms with Gasteiger partial charge in [-0.15, -0.1) is 5.10 Å². The number of benzene rings is 2. The van der Waals surface area contributed by atoms with Crippen molar-refractivity contribution in [2.24, 2.45) is 0 Å². The number of anilines is 1. The average molecular weight is 439 g/mol. The van der Waals surface area contributed by atoms with Gasteiger partial charge in [0, 0.05) is 16.8 Å². The molecule has 12 heteroatoms. The zero-order valence-electron chi connectivity index (χ0n) is 14.6. The van der Waals surface area contributed by atoms with Crippen LogP contribution in [0, 0.1) is 11.6 Å². The molecule has 2 N–H and O–H groups in total. The van der Waals surface area contributed by atoms with Crippen LogP contribution in [0.5, 0.6) is 0 Å². The minimum atomic E-state index is -1.08. The fraction of sp³-hybridized carbons (Fsp3) is 0.118. The molecule has 0 saturated heterocycles. The van der Waals surface area contributed by atoms with Crippen molar-refractivity contribution in [3.05, 3.63) is 59.1 Å². The maximum absolute atomic E-state index is 13.1. The van der Waals surface area contributed by atoms with Gasteiger partial charge in [-0.05, 0) is 46.8 Å². The number of carbonyl (C=O) groups is 2. The Bertz CT molecular complexity index is 1030. The van der Waals surface area contributed by atoms with E-state index in [0.717, 1.165) is 23.9 Å². The van der Waals surface area contributed by atoms with Gasteiger partial charge in [0.05, 0.1) is 18.0 Å². The highest BCUT2D eigenvalue weighted by Gasteiger charge is 2.13. The van der Waals surface area contributed by atoms with Crippen molar-refractivity contribution in [3.63, 3.8) is 0 Å². The summed E-state index contributed by atoms with van der Waals surface area (Å²) in [6.45, 7) is -0.333. The van der Waals surface area contributed by atoms with E-state index in [-0.39, 0.29) is 18.0 Å². The van der Waals surface area contributed by atoms with Crippen LogP contribution in [0.25, 0.3) is 5.69 Å². The first kappa shape index (κ1) is 20.7. The van der Waals surface area contributed by atoms with Crippen molar-refractivity contribution >= 4 is 40.9 Å². The van der Waals surface area contributed by atoms with Gasteiger partial charge >= 0.3 is 0 Å². The second-order valence-electron chi connectivity index (χ2n) is 5.59. The van der Waals surface area contributed by atoms with E-state index in [1.807, 2.05) is 0 Å².